The fraction of sp³-hybridized carbons (Fsp3) is 0.929. The highest BCUT2D eigenvalue weighted by Crippen LogP contribution is 2.15. The summed E-state index contributed by atoms with van der Waals surface area (Å²) in [5.74, 6) is 0.903. The third-order valence-electron chi connectivity index (χ3n) is 3.85. The summed E-state index contributed by atoms with van der Waals surface area (Å²) in [5.41, 5.74) is 0. The summed E-state index contributed by atoms with van der Waals surface area (Å²) in [5, 5.41) is 6.40. The summed E-state index contributed by atoms with van der Waals surface area (Å²) in [6.07, 6.45) is 4.23. The lowest BCUT2D eigenvalue weighted by Gasteiger charge is -2.23. The third-order valence-corrected chi connectivity index (χ3v) is 3.85. The van der Waals surface area contributed by atoms with Crippen molar-refractivity contribution < 1.29 is 4.79 Å². The van der Waals surface area contributed by atoms with Crippen molar-refractivity contribution in [2.45, 2.75) is 45.6 Å². The minimum atomic E-state index is 0.206. The standard InChI is InChI=1S/C14H29N3O/c1-12(2)17(3)10-9-16-14(18)7-6-13-5-4-8-15-11-13/h12-13,15H,4-11H2,1-3H3,(H,16,18). The maximum absolute atomic E-state index is 11.7. The van der Waals surface area contributed by atoms with Crippen LogP contribution in [0.4, 0.5) is 0 Å². The predicted octanol–water partition coefficient (Wildman–Crippen LogP) is 1.22. The zero-order chi connectivity index (χ0) is 13.4. The molecule has 2 N–H and O–H groups in total. The van der Waals surface area contributed by atoms with E-state index in [2.05, 4.69) is 36.4 Å². The van der Waals surface area contributed by atoms with Gasteiger partial charge in [-0.1, -0.05) is 0 Å². The number of carbonyl (C=O) groups excluding carboxylic acids is 1. The van der Waals surface area contributed by atoms with Crippen LogP contribution in [0.15, 0.2) is 0 Å². The van der Waals surface area contributed by atoms with Gasteiger partial charge < -0.3 is 15.5 Å². The van der Waals surface area contributed by atoms with E-state index in [4.69, 9.17) is 0 Å². The van der Waals surface area contributed by atoms with Crippen LogP contribution in [-0.4, -0.2) is 50.1 Å². The maximum Gasteiger partial charge on any atom is 0.220 e. The molecule has 0 aromatic heterocycles. The van der Waals surface area contributed by atoms with E-state index >= 15 is 0 Å². The molecule has 1 amide bonds. The van der Waals surface area contributed by atoms with Crippen LogP contribution in [0.5, 0.6) is 0 Å². The first kappa shape index (κ1) is 15.4. The molecule has 4 nitrogen and oxygen atoms in total. The fourth-order valence-corrected chi connectivity index (χ4v) is 2.22. The van der Waals surface area contributed by atoms with Gasteiger partial charge in [0.25, 0.3) is 0 Å². The Kier molecular flexibility index (Phi) is 7.28. The van der Waals surface area contributed by atoms with Crippen LogP contribution < -0.4 is 10.6 Å². The molecule has 0 radical (unpaired) electrons. The van der Waals surface area contributed by atoms with Gasteiger partial charge in [-0.3, -0.25) is 4.79 Å². The summed E-state index contributed by atoms with van der Waals surface area (Å²) in [6, 6.07) is 0.537. The molecule has 0 aliphatic carbocycles. The Morgan fingerprint density at radius 2 is 2.28 bits per heavy atom. The van der Waals surface area contributed by atoms with Crippen LogP contribution in [0.1, 0.15) is 39.5 Å². The van der Waals surface area contributed by atoms with Crippen molar-refractivity contribution in [1.82, 2.24) is 15.5 Å². The third kappa shape index (κ3) is 6.36. The topological polar surface area (TPSA) is 44.4 Å². The summed E-state index contributed by atoms with van der Waals surface area (Å²) in [6.45, 7) is 8.24. The van der Waals surface area contributed by atoms with Gasteiger partial charge in [-0.2, -0.15) is 0 Å². The van der Waals surface area contributed by atoms with Gasteiger partial charge in [0.15, 0.2) is 0 Å². The van der Waals surface area contributed by atoms with Crippen molar-refractivity contribution in [1.29, 1.82) is 0 Å². The fourth-order valence-electron chi connectivity index (χ4n) is 2.22. The van der Waals surface area contributed by atoms with Gasteiger partial charge in [0.05, 0.1) is 0 Å². The number of carbonyl (C=O) groups is 1. The molecule has 1 saturated heterocycles. The maximum atomic E-state index is 11.7. The van der Waals surface area contributed by atoms with Crippen molar-refractivity contribution in [2.75, 3.05) is 33.2 Å². The normalized spacial score (nSPS) is 20.4. The quantitative estimate of drug-likeness (QED) is 0.719. The largest absolute Gasteiger partial charge is 0.355 e. The van der Waals surface area contributed by atoms with E-state index in [0.717, 1.165) is 32.6 Å². The Balaban J connectivity index is 2.03. The molecule has 1 rings (SSSR count). The van der Waals surface area contributed by atoms with E-state index in [1.807, 2.05) is 0 Å². The molecular weight excluding hydrogens is 226 g/mol. The minimum Gasteiger partial charge on any atom is -0.355 e. The molecule has 0 aromatic rings. The second-order valence-corrected chi connectivity index (χ2v) is 5.68. The van der Waals surface area contributed by atoms with E-state index in [1.54, 1.807) is 0 Å². The molecule has 106 valence electrons. The molecule has 0 saturated carbocycles. The van der Waals surface area contributed by atoms with Crippen LogP contribution >= 0.6 is 0 Å². The Morgan fingerprint density at radius 1 is 1.50 bits per heavy atom. The second-order valence-electron chi connectivity index (χ2n) is 5.68. The number of amides is 1. The molecule has 4 heteroatoms. The average Bonchev–Trinajstić information content (AvgIpc) is 2.37. The van der Waals surface area contributed by atoms with E-state index in [1.165, 1.54) is 12.8 Å². The van der Waals surface area contributed by atoms with Gasteiger partial charge in [0.2, 0.25) is 5.91 Å². The molecule has 1 atom stereocenters. The average molecular weight is 255 g/mol. The van der Waals surface area contributed by atoms with E-state index in [9.17, 15) is 4.79 Å². The van der Waals surface area contributed by atoms with Crippen LogP contribution in [0, 0.1) is 5.92 Å². The highest BCUT2D eigenvalue weighted by Gasteiger charge is 2.14. The number of piperidine rings is 1. The molecule has 1 heterocycles. The first-order valence-electron chi connectivity index (χ1n) is 7.27. The Hall–Kier alpha value is -0.610. The van der Waals surface area contributed by atoms with E-state index in [-0.39, 0.29) is 5.91 Å². The van der Waals surface area contributed by atoms with Gasteiger partial charge in [-0.25, -0.2) is 0 Å². The SMILES string of the molecule is CC(C)N(C)CCNC(=O)CCC1CCCNC1. The Labute approximate surface area is 111 Å². The lowest BCUT2D eigenvalue weighted by atomic mass is 9.94. The molecule has 1 unspecified atom stereocenters. The summed E-state index contributed by atoms with van der Waals surface area (Å²) < 4.78 is 0. The molecule has 0 aromatic carbocycles. The minimum absolute atomic E-state index is 0.206. The number of hydrogen-bond donors (Lipinski definition) is 2. The van der Waals surface area contributed by atoms with Gasteiger partial charge in [-0.15, -0.1) is 0 Å². The number of likely N-dealkylation sites (N-methyl/N-ethyl adjacent to an activating group) is 1. The van der Waals surface area contributed by atoms with Crippen molar-refractivity contribution in [2.24, 2.45) is 5.92 Å². The monoisotopic (exact) mass is 255 g/mol. The Morgan fingerprint density at radius 3 is 2.89 bits per heavy atom. The summed E-state index contributed by atoms with van der Waals surface area (Å²) in [4.78, 5) is 13.9. The first-order valence-corrected chi connectivity index (χ1v) is 7.27. The second kappa shape index (κ2) is 8.48. The molecule has 1 aliphatic rings. The van der Waals surface area contributed by atoms with Gasteiger partial charge in [0.1, 0.15) is 0 Å². The van der Waals surface area contributed by atoms with Gasteiger partial charge in [-0.05, 0) is 59.2 Å². The summed E-state index contributed by atoms with van der Waals surface area (Å²) in [7, 11) is 2.09. The lowest BCUT2D eigenvalue weighted by Crippen LogP contribution is -2.36. The number of hydrogen-bond acceptors (Lipinski definition) is 3. The van der Waals surface area contributed by atoms with Crippen molar-refractivity contribution >= 4 is 5.91 Å². The highest BCUT2D eigenvalue weighted by molar-refractivity contribution is 5.75. The van der Waals surface area contributed by atoms with Crippen LogP contribution in [0.25, 0.3) is 0 Å². The Bertz CT molecular complexity index is 237. The zero-order valence-electron chi connectivity index (χ0n) is 12.2. The van der Waals surface area contributed by atoms with Gasteiger partial charge in [0, 0.05) is 25.6 Å². The van der Waals surface area contributed by atoms with Crippen molar-refractivity contribution in [3.8, 4) is 0 Å². The number of nitrogens with zero attached hydrogens (tertiary/aromatic N) is 1. The molecular formula is C14H29N3O. The van der Waals surface area contributed by atoms with Crippen molar-refractivity contribution in [3.63, 3.8) is 0 Å². The number of rotatable bonds is 7. The van der Waals surface area contributed by atoms with E-state index < -0.39 is 0 Å². The number of nitrogens with one attached hydrogen (secondary N) is 2. The molecule has 0 bridgehead atoms. The highest BCUT2D eigenvalue weighted by atomic mass is 16.1. The molecule has 18 heavy (non-hydrogen) atoms. The van der Waals surface area contributed by atoms with Crippen LogP contribution in [-0.2, 0) is 4.79 Å². The first-order chi connectivity index (χ1) is 8.59. The molecule has 0 spiro atoms. The summed E-state index contributed by atoms with van der Waals surface area (Å²) >= 11 is 0. The molecule has 1 aliphatic heterocycles. The smallest absolute Gasteiger partial charge is 0.220 e. The molecule has 1 fully saturated rings. The van der Waals surface area contributed by atoms with Gasteiger partial charge >= 0.3 is 0 Å². The van der Waals surface area contributed by atoms with E-state index in [0.29, 0.717) is 18.4 Å². The van der Waals surface area contributed by atoms with Crippen LogP contribution in [0.3, 0.4) is 0 Å². The van der Waals surface area contributed by atoms with Crippen molar-refractivity contribution in [3.05, 3.63) is 0 Å². The predicted molar refractivity (Wildman–Crippen MR) is 75.6 cm³/mol. The lowest BCUT2D eigenvalue weighted by molar-refractivity contribution is -0.121. The van der Waals surface area contributed by atoms with Crippen LogP contribution in [0.2, 0.25) is 0 Å². The zero-order valence-corrected chi connectivity index (χ0v) is 12.2.